The molecule has 0 aromatic heterocycles. The summed E-state index contributed by atoms with van der Waals surface area (Å²) in [5, 5.41) is 11.6. The fourth-order valence-electron chi connectivity index (χ4n) is 3.21. The van der Waals surface area contributed by atoms with Crippen LogP contribution in [0.1, 0.15) is 65.7 Å². The molecule has 1 aliphatic rings. The molecule has 1 saturated carbocycles. The summed E-state index contributed by atoms with van der Waals surface area (Å²) in [5.41, 5.74) is 0. The third kappa shape index (κ3) is 7.16. The maximum atomic E-state index is 11.9. The largest absolute Gasteiger partial charge is 0.446 e. The second-order valence-corrected chi connectivity index (χ2v) is 6.83. The van der Waals surface area contributed by atoms with Crippen LogP contribution < -0.4 is 5.32 Å². The highest BCUT2D eigenvalue weighted by Gasteiger charge is 2.33. The fourth-order valence-corrected chi connectivity index (χ4v) is 3.21. The first-order valence-corrected chi connectivity index (χ1v) is 8.60. The van der Waals surface area contributed by atoms with Crippen LogP contribution in [0.4, 0.5) is 4.79 Å². The number of nitrogens with one attached hydrogen (secondary N) is 1. The summed E-state index contributed by atoms with van der Waals surface area (Å²) in [6, 6.07) is 0. The summed E-state index contributed by atoms with van der Waals surface area (Å²) >= 11 is 0. The molecule has 1 fully saturated rings. The lowest BCUT2D eigenvalue weighted by atomic mass is 9.75. The highest BCUT2D eigenvalue weighted by molar-refractivity contribution is 5.67. The van der Waals surface area contributed by atoms with Gasteiger partial charge < -0.3 is 15.2 Å². The number of alkyl carbamates (subject to hydrolysis) is 1. The summed E-state index contributed by atoms with van der Waals surface area (Å²) in [4.78, 5) is 11.9. The van der Waals surface area contributed by atoms with Gasteiger partial charge >= 0.3 is 6.09 Å². The van der Waals surface area contributed by atoms with Crippen molar-refractivity contribution in [1.82, 2.24) is 5.32 Å². The second kappa shape index (κ2) is 10.0. The SMILES string of the molecule is CC(C)[C@@H]1CC[C@@H](C)C[C@H]1OC(=O)NCCCCCCO. The van der Waals surface area contributed by atoms with E-state index in [0.29, 0.717) is 24.3 Å². The van der Waals surface area contributed by atoms with Crippen LogP contribution in [-0.4, -0.2) is 30.5 Å². The lowest BCUT2D eigenvalue weighted by Gasteiger charge is -2.36. The molecule has 124 valence electrons. The summed E-state index contributed by atoms with van der Waals surface area (Å²) < 4.78 is 5.67. The molecule has 0 aromatic rings. The molecule has 0 bridgehead atoms. The average molecular weight is 299 g/mol. The molecule has 0 radical (unpaired) electrons. The van der Waals surface area contributed by atoms with Gasteiger partial charge in [-0.05, 0) is 43.4 Å². The highest BCUT2D eigenvalue weighted by Crippen LogP contribution is 2.35. The van der Waals surface area contributed by atoms with Crippen molar-refractivity contribution in [2.24, 2.45) is 17.8 Å². The number of ether oxygens (including phenoxy) is 1. The minimum absolute atomic E-state index is 0.0724. The van der Waals surface area contributed by atoms with Gasteiger partial charge in [0.25, 0.3) is 0 Å². The molecule has 0 heterocycles. The van der Waals surface area contributed by atoms with Crippen LogP contribution in [0.3, 0.4) is 0 Å². The predicted molar refractivity (Wildman–Crippen MR) is 85.2 cm³/mol. The lowest BCUT2D eigenvalue weighted by Crippen LogP contribution is -2.39. The fraction of sp³-hybridized carbons (Fsp3) is 0.941. The van der Waals surface area contributed by atoms with Crippen molar-refractivity contribution in [3.63, 3.8) is 0 Å². The van der Waals surface area contributed by atoms with Gasteiger partial charge in [0, 0.05) is 13.2 Å². The van der Waals surface area contributed by atoms with Crippen LogP contribution in [0.15, 0.2) is 0 Å². The van der Waals surface area contributed by atoms with Gasteiger partial charge in [0.1, 0.15) is 6.10 Å². The molecule has 0 spiro atoms. The molecule has 0 aliphatic heterocycles. The Hall–Kier alpha value is -0.770. The van der Waals surface area contributed by atoms with E-state index >= 15 is 0 Å². The Labute approximate surface area is 129 Å². The van der Waals surface area contributed by atoms with Gasteiger partial charge in [0.2, 0.25) is 0 Å². The molecule has 1 rings (SSSR count). The Balaban J connectivity index is 2.24. The molecule has 1 amide bonds. The van der Waals surface area contributed by atoms with Crippen molar-refractivity contribution < 1.29 is 14.6 Å². The summed E-state index contributed by atoms with van der Waals surface area (Å²) in [7, 11) is 0. The summed E-state index contributed by atoms with van der Waals surface area (Å²) in [6.45, 7) is 7.60. The number of unbranched alkanes of at least 4 members (excludes halogenated alkanes) is 3. The van der Waals surface area contributed by atoms with Gasteiger partial charge in [0.15, 0.2) is 0 Å². The molecular weight excluding hydrogens is 266 g/mol. The van der Waals surface area contributed by atoms with E-state index in [1.54, 1.807) is 0 Å². The van der Waals surface area contributed by atoms with Crippen LogP contribution >= 0.6 is 0 Å². The van der Waals surface area contributed by atoms with Crippen LogP contribution in [0, 0.1) is 17.8 Å². The number of rotatable bonds is 8. The minimum Gasteiger partial charge on any atom is -0.446 e. The molecular formula is C17H33NO3. The number of hydrogen-bond donors (Lipinski definition) is 2. The highest BCUT2D eigenvalue weighted by atomic mass is 16.6. The zero-order chi connectivity index (χ0) is 15.7. The molecule has 21 heavy (non-hydrogen) atoms. The Kier molecular flexibility index (Phi) is 8.74. The Morgan fingerprint density at radius 2 is 1.95 bits per heavy atom. The minimum atomic E-state index is -0.262. The van der Waals surface area contributed by atoms with Crippen molar-refractivity contribution in [2.45, 2.75) is 71.8 Å². The lowest BCUT2D eigenvalue weighted by molar-refractivity contribution is 0.00622. The van der Waals surface area contributed by atoms with Crippen molar-refractivity contribution in [1.29, 1.82) is 0 Å². The van der Waals surface area contributed by atoms with E-state index in [0.717, 1.165) is 38.5 Å². The van der Waals surface area contributed by atoms with E-state index in [1.807, 2.05) is 0 Å². The summed E-state index contributed by atoms with van der Waals surface area (Å²) in [6.07, 6.45) is 7.06. The Bertz CT molecular complexity index is 294. The molecule has 0 saturated heterocycles. The third-order valence-electron chi connectivity index (χ3n) is 4.57. The molecule has 2 N–H and O–H groups in total. The Morgan fingerprint density at radius 1 is 1.24 bits per heavy atom. The zero-order valence-electron chi connectivity index (χ0n) is 13.9. The number of aliphatic hydroxyl groups excluding tert-OH is 1. The van der Waals surface area contributed by atoms with E-state index in [-0.39, 0.29) is 18.8 Å². The van der Waals surface area contributed by atoms with Crippen molar-refractivity contribution >= 4 is 6.09 Å². The maximum absolute atomic E-state index is 11.9. The van der Waals surface area contributed by atoms with Crippen molar-refractivity contribution in [3.8, 4) is 0 Å². The molecule has 4 nitrogen and oxygen atoms in total. The van der Waals surface area contributed by atoms with Gasteiger partial charge in [-0.2, -0.15) is 0 Å². The predicted octanol–water partition coefficient (Wildman–Crippen LogP) is 3.73. The second-order valence-electron chi connectivity index (χ2n) is 6.83. The van der Waals surface area contributed by atoms with E-state index in [9.17, 15) is 4.79 Å². The van der Waals surface area contributed by atoms with Crippen LogP contribution in [0.25, 0.3) is 0 Å². The number of aliphatic hydroxyl groups is 1. The van der Waals surface area contributed by atoms with Crippen molar-refractivity contribution in [3.05, 3.63) is 0 Å². The molecule has 1 aliphatic carbocycles. The van der Waals surface area contributed by atoms with E-state index in [2.05, 4.69) is 26.1 Å². The number of carbonyl (C=O) groups is 1. The van der Waals surface area contributed by atoms with Gasteiger partial charge in [0.05, 0.1) is 0 Å². The first-order valence-electron chi connectivity index (χ1n) is 8.60. The topological polar surface area (TPSA) is 58.6 Å². The molecule has 3 atom stereocenters. The number of carbonyl (C=O) groups excluding carboxylic acids is 1. The van der Waals surface area contributed by atoms with E-state index < -0.39 is 0 Å². The smallest absolute Gasteiger partial charge is 0.407 e. The van der Waals surface area contributed by atoms with Crippen LogP contribution in [0.5, 0.6) is 0 Å². The van der Waals surface area contributed by atoms with Crippen molar-refractivity contribution in [2.75, 3.05) is 13.2 Å². The standard InChI is InChI=1S/C17H33NO3/c1-13(2)15-9-8-14(3)12-16(15)21-17(20)18-10-6-4-5-7-11-19/h13-16,19H,4-12H2,1-3H3,(H,18,20)/t14-,15+,16-/m1/s1. The third-order valence-corrected chi connectivity index (χ3v) is 4.57. The number of amides is 1. The van der Waals surface area contributed by atoms with Crippen LogP contribution in [0.2, 0.25) is 0 Å². The normalized spacial score (nSPS) is 25.9. The molecule has 4 heteroatoms. The molecule has 0 unspecified atom stereocenters. The van der Waals surface area contributed by atoms with E-state index in [4.69, 9.17) is 9.84 Å². The first-order chi connectivity index (χ1) is 10.0. The van der Waals surface area contributed by atoms with Gasteiger partial charge in [-0.25, -0.2) is 4.79 Å². The summed E-state index contributed by atoms with van der Waals surface area (Å²) in [5.74, 6) is 1.71. The Morgan fingerprint density at radius 3 is 2.62 bits per heavy atom. The van der Waals surface area contributed by atoms with Gasteiger partial charge in [-0.15, -0.1) is 0 Å². The monoisotopic (exact) mass is 299 g/mol. The number of hydrogen-bond acceptors (Lipinski definition) is 3. The van der Waals surface area contributed by atoms with E-state index in [1.165, 1.54) is 6.42 Å². The maximum Gasteiger partial charge on any atom is 0.407 e. The quantitative estimate of drug-likeness (QED) is 0.671. The van der Waals surface area contributed by atoms with Gasteiger partial charge in [-0.3, -0.25) is 0 Å². The first kappa shape index (κ1) is 18.3. The zero-order valence-corrected chi connectivity index (χ0v) is 13.9. The van der Waals surface area contributed by atoms with Crippen LogP contribution in [-0.2, 0) is 4.74 Å². The van der Waals surface area contributed by atoms with Gasteiger partial charge in [-0.1, -0.05) is 40.0 Å². The molecule has 0 aromatic carbocycles. The average Bonchev–Trinajstić information content (AvgIpc) is 2.42.